The lowest BCUT2D eigenvalue weighted by atomic mass is 10.1. The molecular formula is C21H18N2O3. The third kappa shape index (κ3) is 2.99. The summed E-state index contributed by atoms with van der Waals surface area (Å²) in [6, 6.07) is 13.8. The topological polar surface area (TPSA) is 61.3 Å². The van der Waals surface area contributed by atoms with Crippen molar-refractivity contribution in [3.05, 3.63) is 65.0 Å². The molecule has 0 amide bonds. The number of aryl methyl sites for hydroxylation is 2. The van der Waals surface area contributed by atoms with Gasteiger partial charge in [-0.1, -0.05) is 28.9 Å². The lowest BCUT2D eigenvalue weighted by molar-refractivity contribution is 0.409. The van der Waals surface area contributed by atoms with Crippen LogP contribution in [-0.2, 0) is 0 Å². The molecule has 0 saturated heterocycles. The zero-order valence-corrected chi connectivity index (χ0v) is 14.8. The van der Waals surface area contributed by atoms with E-state index in [1.807, 2.05) is 49.4 Å². The van der Waals surface area contributed by atoms with Gasteiger partial charge in [-0.2, -0.15) is 4.98 Å². The first-order valence-corrected chi connectivity index (χ1v) is 8.30. The van der Waals surface area contributed by atoms with Crippen LogP contribution in [0.25, 0.3) is 34.7 Å². The fourth-order valence-corrected chi connectivity index (χ4v) is 2.83. The Labute approximate surface area is 150 Å². The van der Waals surface area contributed by atoms with Crippen molar-refractivity contribution in [1.29, 1.82) is 0 Å². The standard InChI is InChI=1S/C21H18N2O3/c1-13-4-10-18-17(12-13)14(2)20(25-18)21-22-19(26-23-21)11-7-15-5-8-16(24-3)9-6-15/h4-12H,1-3H3. The van der Waals surface area contributed by atoms with E-state index in [0.717, 1.165) is 27.8 Å². The third-order valence-electron chi connectivity index (χ3n) is 4.27. The molecule has 0 radical (unpaired) electrons. The molecule has 0 aliphatic heterocycles. The molecule has 2 aromatic heterocycles. The lowest BCUT2D eigenvalue weighted by Gasteiger charge is -1.98. The summed E-state index contributed by atoms with van der Waals surface area (Å²) < 4.78 is 16.4. The lowest BCUT2D eigenvalue weighted by Crippen LogP contribution is -1.81. The molecule has 0 aliphatic rings. The van der Waals surface area contributed by atoms with Crippen molar-refractivity contribution in [2.45, 2.75) is 13.8 Å². The predicted octanol–water partition coefficient (Wildman–Crippen LogP) is 5.28. The molecule has 0 N–H and O–H groups in total. The summed E-state index contributed by atoms with van der Waals surface area (Å²) in [5.41, 5.74) is 4.03. The van der Waals surface area contributed by atoms with Crippen molar-refractivity contribution in [2.24, 2.45) is 0 Å². The minimum Gasteiger partial charge on any atom is -0.497 e. The van der Waals surface area contributed by atoms with Crippen LogP contribution in [0.2, 0.25) is 0 Å². The van der Waals surface area contributed by atoms with Crippen molar-refractivity contribution >= 4 is 23.1 Å². The number of aromatic nitrogens is 2. The van der Waals surface area contributed by atoms with Gasteiger partial charge in [0.1, 0.15) is 11.3 Å². The Morgan fingerprint density at radius 3 is 2.58 bits per heavy atom. The molecule has 0 saturated carbocycles. The third-order valence-corrected chi connectivity index (χ3v) is 4.27. The summed E-state index contributed by atoms with van der Waals surface area (Å²) in [6.45, 7) is 4.06. The molecule has 0 atom stereocenters. The number of methoxy groups -OCH3 is 1. The molecule has 5 heteroatoms. The van der Waals surface area contributed by atoms with Crippen LogP contribution >= 0.6 is 0 Å². The Bertz CT molecular complexity index is 1090. The number of rotatable bonds is 4. The van der Waals surface area contributed by atoms with Crippen molar-refractivity contribution in [3.8, 4) is 17.3 Å². The highest BCUT2D eigenvalue weighted by atomic mass is 16.5. The molecule has 130 valence electrons. The fraction of sp³-hybridized carbons (Fsp3) is 0.143. The van der Waals surface area contributed by atoms with Gasteiger partial charge in [-0.3, -0.25) is 0 Å². The van der Waals surface area contributed by atoms with Crippen LogP contribution in [0.1, 0.15) is 22.6 Å². The fourth-order valence-electron chi connectivity index (χ4n) is 2.83. The SMILES string of the molecule is COc1ccc(C=Cc2nc(-c3oc4ccc(C)cc4c3C)no2)cc1. The number of furan rings is 1. The number of benzene rings is 2. The van der Waals surface area contributed by atoms with E-state index in [2.05, 4.69) is 23.1 Å². The Hall–Kier alpha value is -3.34. The van der Waals surface area contributed by atoms with E-state index in [-0.39, 0.29) is 0 Å². The molecule has 2 heterocycles. The van der Waals surface area contributed by atoms with Gasteiger partial charge in [-0.05, 0) is 49.8 Å². The first-order valence-electron chi connectivity index (χ1n) is 8.30. The van der Waals surface area contributed by atoms with E-state index in [1.54, 1.807) is 13.2 Å². The van der Waals surface area contributed by atoms with Gasteiger partial charge in [0.05, 0.1) is 7.11 Å². The second kappa shape index (κ2) is 6.52. The molecule has 4 rings (SSSR count). The minimum absolute atomic E-state index is 0.423. The number of nitrogens with zero attached hydrogens (tertiary/aromatic N) is 2. The maximum Gasteiger partial charge on any atom is 0.251 e. The van der Waals surface area contributed by atoms with Gasteiger partial charge in [0, 0.05) is 17.0 Å². The van der Waals surface area contributed by atoms with Crippen LogP contribution in [0.3, 0.4) is 0 Å². The van der Waals surface area contributed by atoms with Crippen molar-refractivity contribution in [3.63, 3.8) is 0 Å². The van der Waals surface area contributed by atoms with Crippen LogP contribution in [0.4, 0.5) is 0 Å². The molecule has 2 aromatic carbocycles. The van der Waals surface area contributed by atoms with Gasteiger partial charge in [-0.25, -0.2) is 0 Å². The van der Waals surface area contributed by atoms with Crippen LogP contribution in [-0.4, -0.2) is 17.3 Å². The Morgan fingerprint density at radius 2 is 1.81 bits per heavy atom. The second-order valence-corrected chi connectivity index (χ2v) is 6.12. The summed E-state index contributed by atoms with van der Waals surface area (Å²) >= 11 is 0. The van der Waals surface area contributed by atoms with Crippen LogP contribution in [0, 0.1) is 13.8 Å². The quantitative estimate of drug-likeness (QED) is 0.503. The Kier molecular flexibility index (Phi) is 4.05. The summed E-state index contributed by atoms with van der Waals surface area (Å²) in [6.07, 6.45) is 3.69. The number of hydrogen-bond donors (Lipinski definition) is 0. The van der Waals surface area contributed by atoms with Crippen molar-refractivity contribution in [1.82, 2.24) is 10.1 Å². The number of hydrogen-bond acceptors (Lipinski definition) is 5. The van der Waals surface area contributed by atoms with E-state index in [0.29, 0.717) is 17.5 Å². The van der Waals surface area contributed by atoms with Gasteiger partial charge in [0.2, 0.25) is 5.82 Å². The van der Waals surface area contributed by atoms with Gasteiger partial charge in [-0.15, -0.1) is 0 Å². The monoisotopic (exact) mass is 346 g/mol. The molecule has 0 unspecified atom stereocenters. The Balaban J connectivity index is 1.61. The molecule has 0 spiro atoms. The van der Waals surface area contributed by atoms with E-state index in [9.17, 15) is 0 Å². The first kappa shape index (κ1) is 16.1. The molecular weight excluding hydrogens is 328 g/mol. The molecule has 0 aliphatic carbocycles. The molecule has 5 nitrogen and oxygen atoms in total. The average Bonchev–Trinajstić information content (AvgIpc) is 3.25. The van der Waals surface area contributed by atoms with Gasteiger partial charge >= 0.3 is 0 Å². The average molecular weight is 346 g/mol. The molecule has 0 fully saturated rings. The highest BCUT2D eigenvalue weighted by Crippen LogP contribution is 2.32. The first-order chi connectivity index (χ1) is 12.6. The highest BCUT2D eigenvalue weighted by Gasteiger charge is 2.17. The smallest absolute Gasteiger partial charge is 0.251 e. The Morgan fingerprint density at radius 1 is 1.00 bits per heavy atom. The second-order valence-electron chi connectivity index (χ2n) is 6.12. The summed E-state index contributed by atoms with van der Waals surface area (Å²) in [5.74, 6) is 2.33. The van der Waals surface area contributed by atoms with E-state index < -0.39 is 0 Å². The zero-order chi connectivity index (χ0) is 18.1. The maximum absolute atomic E-state index is 5.92. The number of fused-ring (bicyclic) bond motifs is 1. The van der Waals surface area contributed by atoms with Crippen LogP contribution in [0.5, 0.6) is 5.75 Å². The van der Waals surface area contributed by atoms with Crippen LogP contribution < -0.4 is 4.74 Å². The predicted molar refractivity (Wildman–Crippen MR) is 101 cm³/mol. The normalized spacial score (nSPS) is 11.5. The van der Waals surface area contributed by atoms with Gasteiger partial charge in [0.15, 0.2) is 5.76 Å². The van der Waals surface area contributed by atoms with Crippen molar-refractivity contribution in [2.75, 3.05) is 7.11 Å². The maximum atomic E-state index is 5.92. The molecule has 0 bridgehead atoms. The van der Waals surface area contributed by atoms with E-state index >= 15 is 0 Å². The van der Waals surface area contributed by atoms with E-state index in [4.69, 9.17) is 13.7 Å². The zero-order valence-electron chi connectivity index (χ0n) is 14.8. The minimum atomic E-state index is 0.423. The van der Waals surface area contributed by atoms with E-state index in [1.165, 1.54) is 5.56 Å². The van der Waals surface area contributed by atoms with Gasteiger partial charge < -0.3 is 13.7 Å². The summed E-state index contributed by atoms with van der Waals surface area (Å²) in [7, 11) is 1.65. The molecule has 26 heavy (non-hydrogen) atoms. The number of ether oxygens (including phenoxy) is 1. The van der Waals surface area contributed by atoms with Gasteiger partial charge in [0.25, 0.3) is 5.89 Å². The summed E-state index contributed by atoms with van der Waals surface area (Å²) in [4.78, 5) is 4.42. The van der Waals surface area contributed by atoms with Crippen molar-refractivity contribution < 1.29 is 13.7 Å². The largest absolute Gasteiger partial charge is 0.497 e. The highest BCUT2D eigenvalue weighted by molar-refractivity contribution is 5.87. The molecule has 4 aromatic rings. The summed E-state index contributed by atoms with van der Waals surface area (Å²) in [5, 5.41) is 5.12. The van der Waals surface area contributed by atoms with Crippen LogP contribution in [0.15, 0.2) is 51.4 Å².